The standard InChI is InChI=1S/C26H29ClN4O2/c1-16(32)8-9-18-6-5-7-19(10-18)17(2)25(33)30-24-11-20(22(27)14-28-24)21-13-29-31-15-26(3,4)12-23(21)31/h5-7,10-11,13-14,17H,8-9,12,15H2,1-4H3,(H,28,30,33)/t17-/m0/s1. The van der Waals surface area contributed by atoms with Crippen molar-refractivity contribution in [2.24, 2.45) is 5.41 Å². The van der Waals surface area contributed by atoms with Gasteiger partial charge in [0.2, 0.25) is 5.91 Å². The SMILES string of the molecule is CC(=O)CCc1cccc([C@H](C)C(=O)Nc2cc(-c3cnn4c3CC(C)(C)C4)c(Cl)cn2)c1. The summed E-state index contributed by atoms with van der Waals surface area (Å²) in [4.78, 5) is 28.6. The second-order valence-electron chi connectivity index (χ2n) is 9.71. The summed E-state index contributed by atoms with van der Waals surface area (Å²) < 4.78 is 2.03. The van der Waals surface area contributed by atoms with Gasteiger partial charge in [0.1, 0.15) is 11.6 Å². The van der Waals surface area contributed by atoms with Crippen LogP contribution >= 0.6 is 11.6 Å². The zero-order chi connectivity index (χ0) is 23.8. The first-order valence-electron chi connectivity index (χ1n) is 11.2. The molecule has 0 saturated carbocycles. The smallest absolute Gasteiger partial charge is 0.232 e. The zero-order valence-corrected chi connectivity index (χ0v) is 20.2. The van der Waals surface area contributed by atoms with Gasteiger partial charge < -0.3 is 10.1 Å². The lowest BCUT2D eigenvalue weighted by Gasteiger charge is -2.15. The topological polar surface area (TPSA) is 76.9 Å². The van der Waals surface area contributed by atoms with Crippen molar-refractivity contribution in [3.8, 4) is 11.1 Å². The Morgan fingerprint density at radius 3 is 2.76 bits per heavy atom. The predicted molar refractivity (Wildman–Crippen MR) is 130 cm³/mol. The molecule has 0 radical (unpaired) electrons. The zero-order valence-electron chi connectivity index (χ0n) is 19.5. The van der Waals surface area contributed by atoms with Crippen LogP contribution in [0.25, 0.3) is 11.1 Å². The molecule has 1 atom stereocenters. The van der Waals surface area contributed by atoms with E-state index in [1.54, 1.807) is 13.1 Å². The van der Waals surface area contributed by atoms with Crippen molar-refractivity contribution in [1.82, 2.24) is 14.8 Å². The fraction of sp³-hybridized carbons (Fsp3) is 0.385. The van der Waals surface area contributed by atoms with E-state index in [1.165, 1.54) is 0 Å². The number of carbonyl (C=O) groups is 2. The highest BCUT2D eigenvalue weighted by Gasteiger charge is 2.32. The second kappa shape index (κ2) is 9.10. The average molecular weight is 465 g/mol. The molecular weight excluding hydrogens is 436 g/mol. The molecule has 4 rings (SSSR count). The summed E-state index contributed by atoms with van der Waals surface area (Å²) in [6.07, 6.45) is 5.50. The number of ketones is 1. The summed E-state index contributed by atoms with van der Waals surface area (Å²) in [5.74, 6) is 0.0879. The van der Waals surface area contributed by atoms with E-state index in [0.717, 1.165) is 40.9 Å². The summed E-state index contributed by atoms with van der Waals surface area (Å²) >= 11 is 6.49. The highest BCUT2D eigenvalue weighted by molar-refractivity contribution is 6.33. The molecule has 0 bridgehead atoms. The summed E-state index contributed by atoms with van der Waals surface area (Å²) in [7, 11) is 0. The summed E-state index contributed by atoms with van der Waals surface area (Å²) in [6, 6.07) is 9.65. The molecule has 3 aromatic rings. The van der Waals surface area contributed by atoms with Crippen LogP contribution in [0.1, 0.15) is 56.9 Å². The number of aryl methyl sites for hydroxylation is 1. The molecule has 33 heavy (non-hydrogen) atoms. The van der Waals surface area contributed by atoms with Gasteiger partial charge in [-0.25, -0.2) is 4.98 Å². The van der Waals surface area contributed by atoms with Crippen LogP contribution in [0.15, 0.2) is 42.7 Å². The number of aromatic nitrogens is 3. The van der Waals surface area contributed by atoms with Crippen LogP contribution in [0.5, 0.6) is 0 Å². The molecule has 2 aromatic heterocycles. The van der Waals surface area contributed by atoms with Crippen molar-refractivity contribution in [3.05, 3.63) is 64.6 Å². The quantitative estimate of drug-likeness (QED) is 0.504. The van der Waals surface area contributed by atoms with Crippen LogP contribution in [0.2, 0.25) is 5.02 Å². The number of Topliss-reactive ketones (excluding diaryl/α,β-unsaturated/α-hetero) is 1. The third kappa shape index (κ3) is 5.17. The summed E-state index contributed by atoms with van der Waals surface area (Å²) in [6.45, 7) is 8.77. The number of anilines is 1. The van der Waals surface area contributed by atoms with Gasteiger partial charge in [0.25, 0.3) is 0 Å². The first-order valence-corrected chi connectivity index (χ1v) is 11.6. The van der Waals surface area contributed by atoms with Crippen LogP contribution in [-0.2, 0) is 29.0 Å². The predicted octanol–water partition coefficient (Wildman–Crippen LogP) is 5.44. The molecule has 0 aliphatic carbocycles. The van der Waals surface area contributed by atoms with E-state index < -0.39 is 0 Å². The van der Waals surface area contributed by atoms with Crippen LogP contribution in [-0.4, -0.2) is 26.5 Å². The lowest BCUT2D eigenvalue weighted by Crippen LogP contribution is -2.19. The van der Waals surface area contributed by atoms with Gasteiger partial charge in [-0.2, -0.15) is 5.10 Å². The van der Waals surface area contributed by atoms with Gasteiger partial charge >= 0.3 is 0 Å². The molecule has 3 heterocycles. The normalized spacial score (nSPS) is 15.2. The summed E-state index contributed by atoms with van der Waals surface area (Å²) in [5, 5.41) is 7.99. The van der Waals surface area contributed by atoms with Crippen LogP contribution in [0, 0.1) is 5.41 Å². The van der Waals surface area contributed by atoms with E-state index in [1.807, 2.05) is 48.1 Å². The lowest BCUT2D eigenvalue weighted by atomic mass is 9.89. The molecule has 0 spiro atoms. The Bertz CT molecular complexity index is 1210. The molecule has 6 nitrogen and oxygen atoms in total. The number of halogens is 1. The molecule has 172 valence electrons. The molecule has 7 heteroatoms. The largest absolute Gasteiger partial charge is 0.310 e. The molecule has 0 fully saturated rings. The first-order chi connectivity index (χ1) is 15.6. The molecule has 1 N–H and O–H groups in total. The third-order valence-corrected chi connectivity index (χ3v) is 6.48. The number of pyridine rings is 1. The average Bonchev–Trinajstić information content (AvgIpc) is 3.28. The third-order valence-electron chi connectivity index (χ3n) is 6.18. The molecule has 1 aliphatic rings. The minimum absolute atomic E-state index is 0.152. The Kier molecular flexibility index (Phi) is 6.39. The fourth-order valence-corrected chi connectivity index (χ4v) is 4.52. The number of nitrogens with one attached hydrogen (secondary N) is 1. The summed E-state index contributed by atoms with van der Waals surface area (Å²) in [5.41, 5.74) is 5.06. The van der Waals surface area contributed by atoms with Crippen LogP contribution in [0.4, 0.5) is 5.82 Å². The number of nitrogens with zero attached hydrogens (tertiary/aromatic N) is 3. The number of rotatable bonds is 7. The van der Waals surface area contributed by atoms with Gasteiger partial charge in [-0.3, -0.25) is 9.48 Å². The van der Waals surface area contributed by atoms with Gasteiger partial charge in [0.15, 0.2) is 0 Å². The molecule has 1 aliphatic heterocycles. The Balaban J connectivity index is 1.52. The van der Waals surface area contributed by atoms with Crippen molar-refractivity contribution in [2.45, 2.75) is 59.4 Å². The van der Waals surface area contributed by atoms with Gasteiger partial charge in [-0.1, -0.05) is 49.7 Å². The maximum atomic E-state index is 13.0. The number of fused-ring (bicyclic) bond motifs is 1. The number of hydrogen-bond acceptors (Lipinski definition) is 4. The van der Waals surface area contributed by atoms with Crippen LogP contribution < -0.4 is 5.32 Å². The highest BCUT2D eigenvalue weighted by atomic mass is 35.5. The Hall–Kier alpha value is -2.99. The molecule has 0 unspecified atom stereocenters. The van der Waals surface area contributed by atoms with Gasteiger partial charge in [0, 0.05) is 36.0 Å². The van der Waals surface area contributed by atoms with E-state index in [2.05, 4.69) is 29.2 Å². The minimum Gasteiger partial charge on any atom is -0.310 e. The Morgan fingerprint density at radius 1 is 1.21 bits per heavy atom. The van der Waals surface area contributed by atoms with Crippen molar-refractivity contribution in [2.75, 3.05) is 5.32 Å². The second-order valence-corrected chi connectivity index (χ2v) is 10.1. The lowest BCUT2D eigenvalue weighted by molar-refractivity contribution is -0.118. The number of hydrogen-bond donors (Lipinski definition) is 1. The van der Waals surface area contributed by atoms with Crippen LogP contribution in [0.3, 0.4) is 0 Å². The van der Waals surface area contributed by atoms with Gasteiger partial charge in [0.05, 0.1) is 17.1 Å². The van der Waals surface area contributed by atoms with E-state index >= 15 is 0 Å². The van der Waals surface area contributed by atoms with Crippen molar-refractivity contribution in [3.63, 3.8) is 0 Å². The van der Waals surface area contributed by atoms with Gasteiger partial charge in [-0.15, -0.1) is 0 Å². The van der Waals surface area contributed by atoms with E-state index in [9.17, 15) is 9.59 Å². The molecule has 0 saturated heterocycles. The van der Waals surface area contributed by atoms with E-state index in [4.69, 9.17) is 11.6 Å². The monoisotopic (exact) mass is 464 g/mol. The number of amides is 1. The molecule has 1 aromatic carbocycles. The van der Waals surface area contributed by atoms with Crippen molar-refractivity contribution < 1.29 is 9.59 Å². The fourth-order valence-electron chi connectivity index (χ4n) is 4.31. The van der Waals surface area contributed by atoms with Crippen molar-refractivity contribution in [1.29, 1.82) is 0 Å². The first kappa shape index (κ1) is 23.2. The molecule has 1 amide bonds. The minimum atomic E-state index is -0.371. The number of benzene rings is 1. The Morgan fingerprint density at radius 2 is 2.00 bits per heavy atom. The maximum Gasteiger partial charge on any atom is 0.232 e. The van der Waals surface area contributed by atoms with Crippen molar-refractivity contribution >= 4 is 29.1 Å². The van der Waals surface area contributed by atoms with Gasteiger partial charge in [-0.05, 0) is 49.3 Å². The van der Waals surface area contributed by atoms with E-state index in [-0.39, 0.29) is 23.0 Å². The number of carbonyl (C=O) groups excluding carboxylic acids is 2. The maximum absolute atomic E-state index is 13.0. The molecular formula is C26H29ClN4O2. The highest BCUT2D eigenvalue weighted by Crippen LogP contribution is 2.39. The Labute approximate surface area is 199 Å². The van der Waals surface area contributed by atoms with E-state index in [0.29, 0.717) is 23.7 Å².